The van der Waals surface area contributed by atoms with Crippen LogP contribution < -0.4 is 5.73 Å². The van der Waals surface area contributed by atoms with Gasteiger partial charge in [-0.1, -0.05) is 44.2 Å². The number of aryl methyl sites for hydroxylation is 1. The Balaban J connectivity index is 1.59. The van der Waals surface area contributed by atoms with Crippen molar-refractivity contribution in [2.24, 2.45) is 34.3 Å². The minimum Gasteiger partial charge on any atom is -0.369 e. The molecule has 1 saturated heterocycles. The van der Waals surface area contributed by atoms with Crippen molar-refractivity contribution in [1.82, 2.24) is 4.90 Å². The zero-order valence-electron chi connectivity index (χ0n) is 19.4. The molecule has 1 aliphatic heterocycles. The maximum Gasteiger partial charge on any atom is 0.228 e. The van der Waals surface area contributed by atoms with Crippen molar-refractivity contribution >= 4 is 11.8 Å². The molecule has 5 rings (SSSR count). The predicted octanol–water partition coefficient (Wildman–Crippen LogP) is 4.71. The summed E-state index contributed by atoms with van der Waals surface area (Å²) >= 11 is 0. The molecule has 1 aromatic rings. The van der Waals surface area contributed by atoms with Crippen LogP contribution in [0, 0.1) is 35.5 Å². The van der Waals surface area contributed by atoms with E-state index >= 15 is 0 Å². The maximum atomic E-state index is 13.2. The number of likely N-dealkylation sites (tertiary alicyclic amines) is 1. The van der Waals surface area contributed by atoms with Crippen molar-refractivity contribution in [3.8, 4) is 0 Å². The summed E-state index contributed by atoms with van der Waals surface area (Å²) in [5.41, 5.74) is 9.19. The zero-order valence-corrected chi connectivity index (χ0v) is 19.4. The zero-order chi connectivity index (χ0) is 22.2. The van der Waals surface area contributed by atoms with E-state index in [1.807, 2.05) is 18.0 Å². The molecule has 2 saturated carbocycles. The lowest BCUT2D eigenvalue weighted by molar-refractivity contribution is -0.139. The van der Waals surface area contributed by atoms with Crippen LogP contribution in [0.25, 0.3) is 0 Å². The first-order valence-corrected chi connectivity index (χ1v) is 12.0. The number of carbonyl (C=O) groups excluding carboxylic acids is 2. The predicted molar refractivity (Wildman–Crippen MR) is 122 cm³/mol. The highest BCUT2D eigenvalue weighted by Crippen LogP contribution is 2.69. The first-order chi connectivity index (χ1) is 14.7. The van der Waals surface area contributed by atoms with Crippen molar-refractivity contribution in [3.05, 3.63) is 47.2 Å². The van der Waals surface area contributed by atoms with Gasteiger partial charge in [-0.3, -0.25) is 9.59 Å². The van der Waals surface area contributed by atoms with Gasteiger partial charge in [0.1, 0.15) is 0 Å². The standard InChI is InChI=1S/C27H36N2O2/c1-17-7-5-6-8-19(17)27(24(28)31)16-12-21-18-9-10-22-25(2,14-13-23(30)29(22)4)20(18)11-15-26(21,27)3/h5-8,10,18,20-21H,9,11-16H2,1-4H3,(H2,28,31)/t18-,20-,21+,25-,26+,27?/m1/s1. The van der Waals surface area contributed by atoms with Crippen molar-refractivity contribution in [2.45, 2.75) is 71.1 Å². The highest BCUT2D eigenvalue weighted by molar-refractivity contribution is 5.89. The van der Waals surface area contributed by atoms with Crippen LogP contribution in [-0.4, -0.2) is 23.8 Å². The fourth-order valence-corrected chi connectivity index (χ4v) is 8.65. The summed E-state index contributed by atoms with van der Waals surface area (Å²) in [6.45, 7) is 6.86. The number of hydrogen-bond acceptors (Lipinski definition) is 2. The van der Waals surface area contributed by atoms with Crippen LogP contribution in [-0.2, 0) is 15.0 Å². The van der Waals surface area contributed by atoms with Crippen LogP contribution in [0.3, 0.4) is 0 Å². The summed E-state index contributed by atoms with van der Waals surface area (Å²) in [6.07, 6.45) is 8.99. The molecule has 2 amide bonds. The second kappa shape index (κ2) is 6.70. The van der Waals surface area contributed by atoms with E-state index in [1.54, 1.807) is 0 Å². The minimum absolute atomic E-state index is 0.0630. The normalized spacial score (nSPS) is 41.8. The molecule has 3 fully saturated rings. The first-order valence-electron chi connectivity index (χ1n) is 12.0. The number of piperidine rings is 1. The monoisotopic (exact) mass is 420 g/mol. The molecule has 0 radical (unpaired) electrons. The molecular formula is C27H36N2O2. The molecule has 4 nitrogen and oxygen atoms in total. The highest BCUT2D eigenvalue weighted by Gasteiger charge is 2.67. The van der Waals surface area contributed by atoms with Crippen molar-refractivity contribution in [1.29, 1.82) is 0 Å². The Morgan fingerprint density at radius 3 is 2.52 bits per heavy atom. The van der Waals surface area contributed by atoms with E-state index in [1.165, 1.54) is 11.3 Å². The van der Waals surface area contributed by atoms with Gasteiger partial charge in [-0.2, -0.15) is 0 Å². The van der Waals surface area contributed by atoms with E-state index in [2.05, 4.69) is 45.0 Å². The maximum absolute atomic E-state index is 13.2. The van der Waals surface area contributed by atoms with Gasteiger partial charge in [-0.15, -0.1) is 0 Å². The van der Waals surface area contributed by atoms with Gasteiger partial charge in [0, 0.05) is 24.6 Å². The fraction of sp³-hybridized carbons (Fsp3) is 0.630. The summed E-state index contributed by atoms with van der Waals surface area (Å²) in [5, 5.41) is 0. The Hall–Kier alpha value is -2.10. The number of hydrogen-bond donors (Lipinski definition) is 1. The number of carbonyl (C=O) groups is 2. The van der Waals surface area contributed by atoms with E-state index in [0.29, 0.717) is 24.2 Å². The lowest BCUT2D eigenvalue weighted by atomic mass is 9.46. The second-order valence-corrected chi connectivity index (χ2v) is 11.2. The van der Waals surface area contributed by atoms with E-state index in [9.17, 15) is 9.59 Å². The number of amides is 2. The summed E-state index contributed by atoms with van der Waals surface area (Å²) in [5.74, 6) is 1.71. The summed E-state index contributed by atoms with van der Waals surface area (Å²) < 4.78 is 0. The second-order valence-electron chi connectivity index (χ2n) is 11.2. The van der Waals surface area contributed by atoms with Crippen LogP contribution >= 0.6 is 0 Å². The first kappa shape index (κ1) is 20.8. The summed E-state index contributed by atoms with van der Waals surface area (Å²) in [4.78, 5) is 27.5. The molecule has 1 heterocycles. The Bertz CT molecular complexity index is 983. The molecule has 31 heavy (non-hydrogen) atoms. The molecule has 1 unspecified atom stereocenters. The third kappa shape index (κ3) is 2.48. The highest BCUT2D eigenvalue weighted by atomic mass is 16.2. The third-order valence-corrected chi connectivity index (χ3v) is 10.2. The molecule has 0 bridgehead atoms. The number of fused-ring (bicyclic) bond motifs is 5. The Kier molecular flexibility index (Phi) is 4.49. The number of primary amides is 1. The number of nitrogens with two attached hydrogens (primary N) is 1. The summed E-state index contributed by atoms with van der Waals surface area (Å²) in [7, 11) is 1.95. The van der Waals surface area contributed by atoms with Crippen molar-refractivity contribution in [2.75, 3.05) is 7.05 Å². The van der Waals surface area contributed by atoms with Gasteiger partial charge in [0.15, 0.2) is 0 Å². The van der Waals surface area contributed by atoms with Crippen LogP contribution in [0.15, 0.2) is 36.0 Å². The van der Waals surface area contributed by atoms with Gasteiger partial charge in [0.25, 0.3) is 0 Å². The Labute approximate surface area is 186 Å². The number of allylic oxidation sites excluding steroid dienone is 2. The molecule has 166 valence electrons. The van der Waals surface area contributed by atoms with Crippen molar-refractivity contribution in [3.63, 3.8) is 0 Å². The Morgan fingerprint density at radius 1 is 1.10 bits per heavy atom. The van der Waals surface area contributed by atoms with Gasteiger partial charge in [0.05, 0.1) is 5.41 Å². The average molecular weight is 421 g/mol. The molecule has 3 aliphatic carbocycles. The van der Waals surface area contributed by atoms with Crippen LogP contribution in [0.5, 0.6) is 0 Å². The topological polar surface area (TPSA) is 63.4 Å². The smallest absolute Gasteiger partial charge is 0.228 e. The molecule has 1 aromatic carbocycles. The SMILES string of the molecule is Cc1ccccc1C1(C(N)=O)CC[C@H]2[C@@H]3CC=C4N(C)C(=O)CC[C@]4(C)[C@@H]3CC[C@@]21C. The lowest BCUT2D eigenvalue weighted by Crippen LogP contribution is -2.58. The molecular weight excluding hydrogens is 384 g/mol. The van der Waals surface area contributed by atoms with Crippen LogP contribution in [0.4, 0.5) is 0 Å². The van der Waals surface area contributed by atoms with Gasteiger partial charge >= 0.3 is 0 Å². The molecule has 6 atom stereocenters. The lowest BCUT2D eigenvalue weighted by Gasteiger charge is -2.59. The third-order valence-electron chi connectivity index (χ3n) is 10.2. The Morgan fingerprint density at radius 2 is 1.81 bits per heavy atom. The van der Waals surface area contributed by atoms with Crippen LogP contribution in [0.2, 0.25) is 0 Å². The van der Waals surface area contributed by atoms with E-state index in [0.717, 1.165) is 44.1 Å². The largest absolute Gasteiger partial charge is 0.369 e. The number of benzene rings is 1. The molecule has 2 N–H and O–H groups in total. The van der Waals surface area contributed by atoms with E-state index in [4.69, 9.17) is 5.73 Å². The van der Waals surface area contributed by atoms with Gasteiger partial charge in [0.2, 0.25) is 11.8 Å². The van der Waals surface area contributed by atoms with Crippen LogP contribution in [0.1, 0.15) is 69.9 Å². The number of rotatable bonds is 2. The van der Waals surface area contributed by atoms with E-state index in [-0.39, 0.29) is 22.6 Å². The van der Waals surface area contributed by atoms with Gasteiger partial charge in [-0.05, 0) is 79.7 Å². The minimum atomic E-state index is -0.585. The molecule has 0 spiro atoms. The molecule has 4 aliphatic rings. The van der Waals surface area contributed by atoms with Gasteiger partial charge < -0.3 is 10.6 Å². The quantitative estimate of drug-likeness (QED) is 0.753. The summed E-state index contributed by atoms with van der Waals surface area (Å²) in [6, 6.07) is 8.37. The van der Waals surface area contributed by atoms with Crippen molar-refractivity contribution < 1.29 is 9.59 Å². The van der Waals surface area contributed by atoms with Gasteiger partial charge in [-0.25, -0.2) is 0 Å². The number of nitrogens with zero attached hydrogens (tertiary/aromatic N) is 1. The fourth-order valence-electron chi connectivity index (χ4n) is 8.65. The molecule has 0 aromatic heterocycles. The average Bonchev–Trinajstić information content (AvgIpc) is 3.05. The van der Waals surface area contributed by atoms with E-state index < -0.39 is 5.41 Å². The molecule has 4 heteroatoms.